The van der Waals surface area contributed by atoms with Crippen molar-refractivity contribution in [3.8, 4) is 11.3 Å². The summed E-state index contributed by atoms with van der Waals surface area (Å²) in [5.74, 6) is 0. The number of rotatable bonds is 3. The Kier molecular flexibility index (Phi) is 4.00. The molecular formula is C23H26N2Si. The van der Waals surface area contributed by atoms with Crippen molar-refractivity contribution in [2.75, 3.05) is 0 Å². The first-order valence-corrected chi connectivity index (χ1v) is 12.9. The molecule has 2 aromatic heterocycles. The van der Waals surface area contributed by atoms with Crippen molar-refractivity contribution in [1.82, 2.24) is 9.55 Å². The van der Waals surface area contributed by atoms with Gasteiger partial charge in [0.2, 0.25) is 0 Å². The number of aromatic nitrogens is 2. The van der Waals surface area contributed by atoms with Crippen LogP contribution in [0.2, 0.25) is 19.6 Å². The molecule has 0 spiro atoms. The van der Waals surface area contributed by atoms with Gasteiger partial charge in [-0.1, -0.05) is 43.9 Å². The lowest BCUT2D eigenvalue weighted by molar-refractivity contribution is 0.827. The molecule has 26 heavy (non-hydrogen) atoms. The van der Waals surface area contributed by atoms with Crippen molar-refractivity contribution in [2.45, 2.75) is 40.0 Å². The van der Waals surface area contributed by atoms with E-state index in [-0.39, 0.29) is 0 Å². The molecule has 0 atom stereocenters. The Hall–Kier alpha value is -2.39. The Morgan fingerprint density at radius 1 is 0.923 bits per heavy atom. The maximum atomic E-state index is 4.82. The predicted molar refractivity (Wildman–Crippen MR) is 116 cm³/mol. The van der Waals surface area contributed by atoms with Gasteiger partial charge in [-0.15, -0.1) is 0 Å². The molecule has 0 unspecified atom stereocenters. The highest BCUT2D eigenvalue weighted by Crippen LogP contribution is 2.32. The summed E-state index contributed by atoms with van der Waals surface area (Å²) in [6.45, 7) is 12.5. The van der Waals surface area contributed by atoms with Gasteiger partial charge >= 0.3 is 0 Å². The van der Waals surface area contributed by atoms with Crippen LogP contribution in [0.25, 0.3) is 33.1 Å². The summed E-state index contributed by atoms with van der Waals surface area (Å²) in [7, 11) is -1.35. The van der Waals surface area contributed by atoms with Crippen LogP contribution in [0, 0.1) is 6.92 Å². The van der Waals surface area contributed by atoms with E-state index in [2.05, 4.69) is 92.8 Å². The van der Waals surface area contributed by atoms with E-state index in [1.807, 2.05) is 0 Å². The summed E-state index contributed by atoms with van der Waals surface area (Å²) in [6.07, 6.45) is 2.11. The largest absolute Gasteiger partial charge is 0.341 e. The number of benzene rings is 2. The number of para-hydroxylation sites is 1. The lowest BCUT2D eigenvalue weighted by Gasteiger charge is -2.19. The molecule has 0 amide bonds. The summed E-state index contributed by atoms with van der Waals surface area (Å²) < 4.78 is 2.39. The molecule has 0 aliphatic carbocycles. The standard InChI is InChI=1S/C23H26N2Si/c1-6-25-21-10-8-7-9-18(21)19-14-17(11-12-22(19)25)20-13-16(2)23(15-24-20)26(3,4)5/h7-15H,6H2,1-5H3. The van der Waals surface area contributed by atoms with E-state index in [4.69, 9.17) is 4.98 Å². The molecule has 0 bridgehead atoms. The van der Waals surface area contributed by atoms with Crippen LogP contribution in [-0.4, -0.2) is 17.6 Å². The molecule has 4 rings (SSSR count). The molecule has 2 nitrogen and oxygen atoms in total. The Morgan fingerprint density at radius 2 is 1.65 bits per heavy atom. The number of pyridine rings is 1. The molecule has 0 saturated heterocycles. The summed E-state index contributed by atoms with van der Waals surface area (Å²) in [5.41, 5.74) is 6.24. The van der Waals surface area contributed by atoms with Crippen LogP contribution >= 0.6 is 0 Å². The van der Waals surface area contributed by atoms with Crippen molar-refractivity contribution in [1.29, 1.82) is 0 Å². The topological polar surface area (TPSA) is 17.8 Å². The lowest BCUT2D eigenvalue weighted by atomic mass is 10.1. The van der Waals surface area contributed by atoms with E-state index in [1.54, 1.807) is 0 Å². The third-order valence-corrected chi connectivity index (χ3v) is 7.44. The average Bonchev–Trinajstić information content (AvgIpc) is 2.93. The number of nitrogens with zero attached hydrogens (tertiary/aromatic N) is 2. The van der Waals surface area contributed by atoms with Crippen molar-refractivity contribution >= 4 is 35.1 Å². The zero-order valence-electron chi connectivity index (χ0n) is 16.3. The molecule has 0 aliphatic rings. The minimum atomic E-state index is -1.35. The zero-order valence-corrected chi connectivity index (χ0v) is 17.3. The SMILES string of the molecule is CCn1c2ccccc2c2cc(-c3cc(C)c([Si](C)(C)C)cn3)ccc21. The smallest absolute Gasteiger partial charge is 0.0799 e. The molecule has 2 heterocycles. The van der Waals surface area contributed by atoms with Gasteiger partial charge in [0.15, 0.2) is 0 Å². The van der Waals surface area contributed by atoms with Crippen LogP contribution in [0.5, 0.6) is 0 Å². The molecule has 0 fully saturated rings. The minimum absolute atomic E-state index is 0.978. The van der Waals surface area contributed by atoms with Gasteiger partial charge in [-0.2, -0.15) is 0 Å². The fourth-order valence-electron chi connectivity index (χ4n) is 4.05. The van der Waals surface area contributed by atoms with E-state index >= 15 is 0 Å². The van der Waals surface area contributed by atoms with Gasteiger partial charge in [-0.25, -0.2) is 0 Å². The van der Waals surface area contributed by atoms with Gasteiger partial charge in [0, 0.05) is 40.1 Å². The first-order valence-electron chi connectivity index (χ1n) is 9.38. The first-order chi connectivity index (χ1) is 12.4. The zero-order chi connectivity index (χ0) is 18.5. The molecule has 3 heteroatoms. The molecule has 0 N–H and O–H groups in total. The highest BCUT2D eigenvalue weighted by Gasteiger charge is 2.19. The summed E-state index contributed by atoms with van der Waals surface area (Å²) in [6, 6.07) is 17.7. The van der Waals surface area contributed by atoms with Gasteiger partial charge in [-0.05, 0) is 48.9 Å². The lowest BCUT2D eigenvalue weighted by Crippen LogP contribution is -2.39. The van der Waals surface area contributed by atoms with Crippen molar-refractivity contribution in [3.05, 3.63) is 60.3 Å². The van der Waals surface area contributed by atoms with E-state index in [1.165, 1.54) is 38.1 Å². The number of fused-ring (bicyclic) bond motifs is 3. The van der Waals surface area contributed by atoms with Crippen LogP contribution in [0.15, 0.2) is 54.7 Å². The second kappa shape index (κ2) is 6.10. The van der Waals surface area contributed by atoms with Gasteiger partial charge in [0.25, 0.3) is 0 Å². The average molecular weight is 359 g/mol. The molecule has 132 valence electrons. The van der Waals surface area contributed by atoms with Gasteiger partial charge < -0.3 is 4.57 Å². The number of hydrogen-bond donors (Lipinski definition) is 0. The fraction of sp³-hybridized carbons (Fsp3) is 0.261. The number of aryl methyl sites for hydroxylation is 2. The van der Waals surface area contributed by atoms with Crippen LogP contribution in [0.1, 0.15) is 12.5 Å². The molecular weight excluding hydrogens is 332 g/mol. The van der Waals surface area contributed by atoms with Crippen LogP contribution < -0.4 is 5.19 Å². The second-order valence-corrected chi connectivity index (χ2v) is 13.2. The Balaban J connectivity index is 1.91. The monoisotopic (exact) mass is 358 g/mol. The third-order valence-electron chi connectivity index (χ3n) is 5.30. The van der Waals surface area contributed by atoms with Crippen LogP contribution in [-0.2, 0) is 6.54 Å². The quantitative estimate of drug-likeness (QED) is 0.428. The summed E-state index contributed by atoms with van der Waals surface area (Å²) in [4.78, 5) is 4.82. The van der Waals surface area contributed by atoms with Gasteiger partial charge in [0.1, 0.15) is 0 Å². The van der Waals surface area contributed by atoms with E-state index in [0.29, 0.717) is 0 Å². The maximum absolute atomic E-state index is 4.82. The normalized spacial score (nSPS) is 12.2. The Labute approximate surface area is 156 Å². The molecule has 0 saturated carbocycles. The minimum Gasteiger partial charge on any atom is -0.341 e. The second-order valence-electron chi connectivity index (χ2n) is 8.13. The maximum Gasteiger partial charge on any atom is 0.0799 e. The van der Waals surface area contributed by atoms with Crippen molar-refractivity contribution in [2.24, 2.45) is 0 Å². The van der Waals surface area contributed by atoms with Crippen LogP contribution in [0.3, 0.4) is 0 Å². The summed E-state index contributed by atoms with van der Waals surface area (Å²) in [5, 5.41) is 4.08. The van der Waals surface area contributed by atoms with E-state index in [0.717, 1.165) is 12.2 Å². The Morgan fingerprint density at radius 3 is 2.35 bits per heavy atom. The number of hydrogen-bond acceptors (Lipinski definition) is 1. The first kappa shape index (κ1) is 17.0. The highest BCUT2D eigenvalue weighted by atomic mass is 28.3. The summed E-state index contributed by atoms with van der Waals surface area (Å²) >= 11 is 0. The third kappa shape index (κ3) is 2.67. The molecule has 4 aromatic rings. The highest BCUT2D eigenvalue weighted by molar-refractivity contribution is 6.89. The van der Waals surface area contributed by atoms with Crippen molar-refractivity contribution < 1.29 is 0 Å². The molecule has 2 aromatic carbocycles. The van der Waals surface area contributed by atoms with Gasteiger partial charge in [0.05, 0.1) is 13.8 Å². The van der Waals surface area contributed by atoms with E-state index < -0.39 is 8.07 Å². The van der Waals surface area contributed by atoms with Crippen LogP contribution in [0.4, 0.5) is 0 Å². The van der Waals surface area contributed by atoms with E-state index in [9.17, 15) is 0 Å². The fourth-order valence-corrected chi connectivity index (χ4v) is 5.76. The molecule has 0 aliphatic heterocycles. The Bertz CT molecular complexity index is 1120. The molecule has 0 radical (unpaired) electrons. The van der Waals surface area contributed by atoms with Gasteiger partial charge in [-0.3, -0.25) is 4.98 Å². The predicted octanol–water partition coefficient (Wildman–Crippen LogP) is 5.73. The van der Waals surface area contributed by atoms with Crippen molar-refractivity contribution in [3.63, 3.8) is 0 Å².